The van der Waals surface area contributed by atoms with E-state index in [1.54, 1.807) is 0 Å². The lowest BCUT2D eigenvalue weighted by Crippen LogP contribution is -2.34. The normalized spacial score (nSPS) is 21.0. The van der Waals surface area contributed by atoms with Crippen LogP contribution in [-0.4, -0.2) is 42.1 Å². The highest BCUT2D eigenvalue weighted by atomic mass is 15.1. The predicted octanol–water partition coefficient (Wildman–Crippen LogP) is 2.20. The molecule has 0 radical (unpaired) electrons. The van der Waals surface area contributed by atoms with Crippen LogP contribution in [0, 0.1) is 5.41 Å². The number of fused-ring (bicyclic) bond motifs is 1. The summed E-state index contributed by atoms with van der Waals surface area (Å²) in [7, 11) is 4.17. The minimum atomic E-state index is 0.313. The summed E-state index contributed by atoms with van der Waals surface area (Å²) in [6.45, 7) is 8.82. The molecular weight excluding hydrogens is 248 g/mol. The fourth-order valence-corrected chi connectivity index (χ4v) is 2.96. The molecule has 0 saturated heterocycles. The second-order valence-electron chi connectivity index (χ2n) is 6.90. The van der Waals surface area contributed by atoms with Crippen LogP contribution in [0.1, 0.15) is 50.3 Å². The third-order valence-corrected chi connectivity index (χ3v) is 3.96. The van der Waals surface area contributed by atoms with Crippen molar-refractivity contribution >= 4 is 0 Å². The minimum Gasteiger partial charge on any atom is -0.310 e. The van der Waals surface area contributed by atoms with Crippen LogP contribution >= 0.6 is 0 Å². The SMILES string of the molecule is CCNC1CC(C)(C)Cc2nc(CCN(C)C)ncc21. The molecule has 1 aromatic heterocycles. The topological polar surface area (TPSA) is 41.1 Å². The van der Waals surface area contributed by atoms with E-state index in [1.165, 1.54) is 11.3 Å². The maximum Gasteiger partial charge on any atom is 0.129 e. The summed E-state index contributed by atoms with van der Waals surface area (Å²) < 4.78 is 0. The first-order valence-electron chi connectivity index (χ1n) is 7.64. The fourth-order valence-electron chi connectivity index (χ4n) is 2.96. The second kappa shape index (κ2) is 6.19. The lowest BCUT2D eigenvalue weighted by Gasteiger charge is -2.36. The molecule has 1 N–H and O–H groups in total. The van der Waals surface area contributed by atoms with Crippen molar-refractivity contribution in [3.05, 3.63) is 23.3 Å². The number of nitrogens with zero attached hydrogens (tertiary/aromatic N) is 3. The van der Waals surface area contributed by atoms with Gasteiger partial charge in [0.25, 0.3) is 0 Å². The molecule has 1 aliphatic carbocycles. The zero-order valence-corrected chi connectivity index (χ0v) is 13.5. The maximum atomic E-state index is 4.84. The van der Waals surface area contributed by atoms with Crippen LogP contribution in [0.3, 0.4) is 0 Å². The molecule has 1 unspecified atom stereocenters. The van der Waals surface area contributed by atoms with Gasteiger partial charge in [-0.05, 0) is 38.9 Å². The Bertz CT molecular complexity index is 454. The Kier molecular flexibility index (Phi) is 4.76. The number of nitrogens with one attached hydrogen (secondary N) is 1. The third-order valence-electron chi connectivity index (χ3n) is 3.96. The molecule has 0 aromatic carbocycles. The monoisotopic (exact) mass is 276 g/mol. The number of aromatic nitrogens is 2. The van der Waals surface area contributed by atoms with Crippen molar-refractivity contribution in [3.8, 4) is 0 Å². The minimum absolute atomic E-state index is 0.313. The van der Waals surface area contributed by atoms with E-state index in [4.69, 9.17) is 4.98 Å². The van der Waals surface area contributed by atoms with E-state index in [-0.39, 0.29) is 0 Å². The van der Waals surface area contributed by atoms with Gasteiger partial charge in [0.15, 0.2) is 0 Å². The maximum absolute atomic E-state index is 4.84. The van der Waals surface area contributed by atoms with Gasteiger partial charge < -0.3 is 10.2 Å². The van der Waals surface area contributed by atoms with Crippen molar-refractivity contribution in [3.63, 3.8) is 0 Å². The second-order valence-corrected chi connectivity index (χ2v) is 6.90. The van der Waals surface area contributed by atoms with Crippen LogP contribution in [0.2, 0.25) is 0 Å². The first kappa shape index (κ1) is 15.4. The summed E-state index contributed by atoms with van der Waals surface area (Å²) in [6, 6.07) is 0.404. The Hall–Kier alpha value is -1.00. The molecule has 112 valence electrons. The first-order valence-corrected chi connectivity index (χ1v) is 7.64. The average molecular weight is 276 g/mol. The van der Waals surface area contributed by atoms with Gasteiger partial charge in [0.2, 0.25) is 0 Å². The molecule has 4 nitrogen and oxygen atoms in total. The highest BCUT2D eigenvalue weighted by molar-refractivity contribution is 5.26. The summed E-state index contributed by atoms with van der Waals surface area (Å²) in [5.41, 5.74) is 2.86. The Balaban J connectivity index is 2.22. The van der Waals surface area contributed by atoms with E-state index >= 15 is 0 Å². The van der Waals surface area contributed by atoms with E-state index in [0.717, 1.165) is 38.2 Å². The molecule has 0 fully saturated rings. The van der Waals surface area contributed by atoms with Gasteiger partial charge in [-0.25, -0.2) is 9.97 Å². The van der Waals surface area contributed by atoms with Crippen LogP contribution in [0.4, 0.5) is 0 Å². The van der Waals surface area contributed by atoms with Crippen molar-refractivity contribution in [2.75, 3.05) is 27.2 Å². The Morgan fingerprint density at radius 3 is 2.80 bits per heavy atom. The summed E-state index contributed by atoms with van der Waals surface area (Å²) >= 11 is 0. The number of hydrogen-bond donors (Lipinski definition) is 1. The molecule has 1 atom stereocenters. The number of rotatable bonds is 5. The van der Waals surface area contributed by atoms with E-state index in [1.807, 2.05) is 0 Å². The van der Waals surface area contributed by atoms with Gasteiger partial charge in [0, 0.05) is 36.5 Å². The molecule has 4 heteroatoms. The predicted molar refractivity (Wildman–Crippen MR) is 82.8 cm³/mol. The fraction of sp³-hybridized carbons (Fsp3) is 0.750. The molecule has 2 rings (SSSR count). The molecule has 0 aliphatic heterocycles. The Morgan fingerprint density at radius 1 is 1.40 bits per heavy atom. The van der Waals surface area contributed by atoms with Crippen molar-refractivity contribution in [1.82, 2.24) is 20.2 Å². The van der Waals surface area contributed by atoms with Gasteiger partial charge >= 0.3 is 0 Å². The lowest BCUT2D eigenvalue weighted by atomic mass is 9.74. The molecular formula is C16H28N4. The van der Waals surface area contributed by atoms with Gasteiger partial charge in [0.1, 0.15) is 5.82 Å². The van der Waals surface area contributed by atoms with Crippen LogP contribution in [0.15, 0.2) is 6.20 Å². The van der Waals surface area contributed by atoms with Gasteiger partial charge in [-0.15, -0.1) is 0 Å². The molecule has 0 bridgehead atoms. The number of hydrogen-bond acceptors (Lipinski definition) is 4. The third kappa shape index (κ3) is 3.76. The van der Waals surface area contributed by atoms with Gasteiger partial charge in [-0.1, -0.05) is 20.8 Å². The van der Waals surface area contributed by atoms with Crippen LogP contribution in [0.25, 0.3) is 0 Å². The van der Waals surface area contributed by atoms with Crippen molar-refractivity contribution in [2.45, 2.75) is 46.1 Å². The van der Waals surface area contributed by atoms with Crippen molar-refractivity contribution in [2.24, 2.45) is 5.41 Å². The molecule has 0 amide bonds. The smallest absolute Gasteiger partial charge is 0.129 e. The van der Waals surface area contributed by atoms with Gasteiger partial charge in [-0.3, -0.25) is 0 Å². The average Bonchev–Trinajstić information content (AvgIpc) is 2.35. The van der Waals surface area contributed by atoms with Gasteiger partial charge in [0.05, 0.1) is 0 Å². The van der Waals surface area contributed by atoms with E-state index < -0.39 is 0 Å². The largest absolute Gasteiger partial charge is 0.310 e. The van der Waals surface area contributed by atoms with Crippen molar-refractivity contribution in [1.29, 1.82) is 0 Å². The Labute approximate surface area is 123 Å². The molecule has 0 spiro atoms. The summed E-state index contributed by atoms with van der Waals surface area (Å²) in [6.07, 6.45) is 5.19. The Morgan fingerprint density at radius 2 is 2.15 bits per heavy atom. The summed E-state index contributed by atoms with van der Waals surface area (Å²) in [5, 5.41) is 3.58. The standard InChI is InChI=1S/C16H28N4/c1-6-17-13-9-16(2,3)10-14-12(13)11-18-15(19-14)7-8-20(4)5/h11,13,17H,6-10H2,1-5H3. The van der Waals surface area contributed by atoms with Gasteiger partial charge in [-0.2, -0.15) is 0 Å². The molecule has 20 heavy (non-hydrogen) atoms. The highest BCUT2D eigenvalue weighted by Crippen LogP contribution is 2.39. The summed E-state index contributed by atoms with van der Waals surface area (Å²) in [4.78, 5) is 11.6. The summed E-state index contributed by atoms with van der Waals surface area (Å²) in [5.74, 6) is 0.977. The van der Waals surface area contributed by atoms with Crippen molar-refractivity contribution < 1.29 is 0 Å². The molecule has 1 aromatic rings. The van der Waals surface area contributed by atoms with E-state index in [0.29, 0.717) is 11.5 Å². The van der Waals surface area contributed by atoms with Crippen LogP contribution in [-0.2, 0) is 12.8 Å². The lowest BCUT2D eigenvalue weighted by molar-refractivity contribution is 0.254. The molecule has 1 heterocycles. The molecule has 0 saturated carbocycles. The number of likely N-dealkylation sites (N-methyl/N-ethyl adjacent to an activating group) is 1. The first-order chi connectivity index (χ1) is 9.41. The molecule has 1 aliphatic rings. The zero-order valence-electron chi connectivity index (χ0n) is 13.5. The zero-order chi connectivity index (χ0) is 14.8. The van der Waals surface area contributed by atoms with Crippen LogP contribution < -0.4 is 5.32 Å². The van der Waals surface area contributed by atoms with E-state index in [2.05, 4.69) is 56.3 Å². The van der Waals surface area contributed by atoms with E-state index in [9.17, 15) is 0 Å². The highest BCUT2D eigenvalue weighted by Gasteiger charge is 2.33. The van der Waals surface area contributed by atoms with Crippen LogP contribution in [0.5, 0.6) is 0 Å². The quantitative estimate of drug-likeness (QED) is 0.895.